The molecule has 0 aliphatic carbocycles. The van der Waals surface area contributed by atoms with Gasteiger partial charge in [-0.3, -0.25) is 4.40 Å². The van der Waals surface area contributed by atoms with E-state index in [1.807, 2.05) is 48.5 Å². The number of anilines is 1. The summed E-state index contributed by atoms with van der Waals surface area (Å²) in [4.78, 5) is 17.4. The average molecular weight is 537 g/mol. The van der Waals surface area contributed by atoms with Crippen molar-refractivity contribution in [2.45, 2.75) is 11.4 Å². The van der Waals surface area contributed by atoms with Gasteiger partial charge in [0.05, 0.1) is 23.1 Å². The predicted octanol–water partition coefficient (Wildman–Crippen LogP) is 5.59. The number of benzene rings is 3. The van der Waals surface area contributed by atoms with E-state index >= 15 is 0 Å². The summed E-state index contributed by atoms with van der Waals surface area (Å²) in [6.07, 6.45) is 3.29. The summed E-state index contributed by atoms with van der Waals surface area (Å²) in [6, 6.07) is 29.0. The Bertz CT molecular complexity index is 1930. The van der Waals surface area contributed by atoms with Gasteiger partial charge < -0.3 is 10.1 Å². The number of nitrogens with one attached hydrogen (secondary N) is 1. The summed E-state index contributed by atoms with van der Waals surface area (Å²) in [6.45, 7) is 0.491. The number of esters is 1. The topological polar surface area (TPSA) is 94.7 Å². The maximum Gasteiger partial charge on any atom is 0.339 e. The Balaban J connectivity index is 1.57. The number of imidazole rings is 1. The van der Waals surface area contributed by atoms with Crippen molar-refractivity contribution < 1.29 is 17.9 Å². The van der Waals surface area contributed by atoms with Crippen molar-refractivity contribution in [3.05, 3.63) is 121 Å². The number of hydrogen-bond donors (Lipinski definition) is 1. The van der Waals surface area contributed by atoms with Crippen LogP contribution in [-0.2, 0) is 21.3 Å². The van der Waals surface area contributed by atoms with E-state index in [0.717, 1.165) is 10.9 Å². The molecule has 0 bridgehead atoms. The van der Waals surface area contributed by atoms with Gasteiger partial charge in [0.1, 0.15) is 17.2 Å². The SMILES string of the molecule is COC(=O)c1ccc2nc(-c3cn(S(=O)(=O)c4ccccc4)c4ccccc34)c(NCc3ccccc3)n2c1. The summed E-state index contributed by atoms with van der Waals surface area (Å²) in [5, 5.41) is 4.20. The Morgan fingerprint density at radius 2 is 1.56 bits per heavy atom. The highest BCUT2D eigenvalue weighted by Gasteiger charge is 2.25. The van der Waals surface area contributed by atoms with Crippen molar-refractivity contribution in [2.75, 3.05) is 12.4 Å². The van der Waals surface area contributed by atoms with Crippen LogP contribution in [0.2, 0.25) is 0 Å². The molecule has 3 aromatic heterocycles. The zero-order valence-electron chi connectivity index (χ0n) is 21.0. The number of fused-ring (bicyclic) bond motifs is 2. The highest BCUT2D eigenvalue weighted by atomic mass is 32.2. The maximum atomic E-state index is 13.7. The van der Waals surface area contributed by atoms with E-state index in [4.69, 9.17) is 9.72 Å². The van der Waals surface area contributed by atoms with E-state index in [1.165, 1.54) is 11.1 Å². The number of aromatic nitrogens is 3. The van der Waals surface area contributed by atoms with Crippen LogP contribution in [-0.4, -0.2) is 34.9 Å². The van der Waals surface area contributed by atoms with Gasteiger partial charge in [-0.25, -0.2) is 22.2 Å². The first-order chi connectivity index (χ1) is 19.0. The molecule has 6 rings (SSSR count). The standard InChI is InChI=1S/C30H24N4O4S/c1-38-30(35)22-16-17-27-32-28(29(33(27)19-22)31-18-21-10-4-2-5-11-21)25-20-34(26-15-9-8-14-24(25)26)39(36,37)23-12-6-3-7-13-23/h2-17,19-20,31H,18H2,1H3. The summed E-state index contributed by atoms with van der Waals surface area (Å²) >= 11 is 0. The van der Waals surface area contributed by atoms with Gasteiger partial charge in [-0.2, -0.15) is 0 Å². The van der Waals surface area contributed by atoms with E-state index in [2.05, 4.69) is 5.32 Å². The van der Waals surface area contributed by atoms with E-state index < -0.39 is 16.0 Å². The van der Waals surface area contributed by atoms with Crippen LogP contribution in [0.25, 0.3) is 27.8 Å². The van der Waals surface area contributed by atoms with Crippen LogP contribution in [0.5, 0.6) is 0 Å². The van der Waals surface area contributed by atoms with Crippen LogP contribution in [0, 0.1) is 0 Å². The lowest BCUT2D eigenvalue weighted by Crippen LogP contribution is -2.11. The Kier molecular flexibility index (Phi) is 6.12. The molecule has 0 saturated carbocycles. The molecular formula is C30H24N4O4S. The molecule has 39 heavy (non-hydrogen) atoms. The zero-order chi connectivity index (χ0) is 27.0. The molecule has 0 fully saturated rings. The normalized spacial score (nSPS) is 11.6. The summed E-state index contributed by atoms with van der Waals surface area (Å²) < 4.78 is 35.4. The highest BCUT2D eigenvalue weighted by Crippen LogP contribution is 2.37. The van der Waals surface area contributed by atoms with Gasteiger partial charge in [-0.05, 0) is 35.9 Å². The Morgan fingerprint density at radius 1 is 0.872 bits per heavy atom. The second-order valence-electron chi connectivity index (χ2n) is 8.96. The minimum atomic E-state index is -3.87. The molecular weight excluding hydrogens is 512 g/mol. The molecule has 6 aromatic rings. The smallest absolute Gasteiger partial charge is 0.339 e. The third kappa shape index (κ3) is 4.32. The van der Waals surface area contributed by atoms with E-state index in [1.54, 1.807) is 65.3 Å². The van der Waals surface area contributed by atoms with Gasteiger partial charge in [0, 0.05) is 29.9 Å². The molecule has 3 heterocycles. The van der Waals surface area contributed by atoms with Gasteiger partial charge in [0.2, 0.25) is 0 Å². The number of nitrogens with zero attached hydrogens (tertiary/aromatic N) is 3. The Morgan fingerprint density at radius 3 is 2.31 bits per heavy atom. The van der Waals surface area contributed by atoms with Crippen molar-refractivity contribution in [1.29, 1.82) is 0 Å². The summed E-state index contributed by atoms with van der Waals surface area (Å²) in [5.74, 6) is 0.159. The number of rotatable bonds is 7. The van der Waals surface area contributed by atoms with Gasteiger partial charge in [0.25, 0.3) is 10.0 Å². The second kappa shape index (κ2) is 9.77. The first kappa shape index (κ1) is 24.4. The Hall–Kier alpha value is -4.89. The van der Waals surface area contributed by atoms with Crippen LogP contribution in [0.4, 0.5) is 5.82 Å². The lowest BCUT2D eigenvalue weighted by Gasteiger charge is -2.10. The molecule has 0 spiro atoms. The molecule has 0 radical (unpaired) electrons. The van der Waals surface area contributed by atoms with Crippen molar-refractivity contribution in [3.63, 3.8) is 0 Å². The van der Waals surface area contributed by atoms with Gasteiger partial charge in [-0.1, -0.05) is 66.7 Å². The lowest BCUT2D eigenvalue weighted by molar-refractivity contribution is 0.0600. The largest absolute Gasteiger partial charge is 0.465 e. The van der Waals surface area contributed by atoms with Crippen molar-refractivity contribution in [1.82, 2.24) is 13.4 Å². The van der Waals surface area contributed by atoms with E-state index in [9.17, 15) is 13.2 Å². The fraction of sp³-hybridized carbons (Fsp3) is 0.0667. The molecule has 0 saturated heterocycles. The lowest BCUT2D eigenvalue weighted by atomic mass is 10.1. The van der Waals surface area contributed by atoms with Crippen LogP contribution in [0.3, 0.4) is 0 Å². The first-order valence-electron chi connectivity index (χ1n) is 12.3. The van der Waals surface area contributed by atoms with E-state index in [0.29, 0.717) is 40.3 Å². The summed E-state index contributed by atoms with van der Waals surface area (Å²) in [5.41, 5.74) is 3.76. The van der Waals surface area contributed by atoms with Gasteiger partial charge in [0.15, 0.2) is 0 Å². The fourth-order valence-electron chi connectivity index (χ4n) is 4.67. The number of pyridine rings is 1. The number of para-hydroxylation sites is 1. The number of hydrogen-bond acceptors (Lipinski definition) is 6. The molecule has 9 heteroatoms. The molecule has 0 atom stereocenters. The fourth-order valence-corrected chi connectivity index (χ4v) is 6.06. The number of ether oxygens (including phenoxy) is 1. The quantitative estimate of drug-likeness (QED) is 0.267. The second-order valence-corrected chi connectivity index (χ2v) is 10.8. The van der Waals surface area contributed by atoms with Gasteiger partial charge in [-0.15, -0.1) is 0 Å². The molecule has 194 valence electrons. The van der Waals surface area contributed by atoms with Crippen LogP contribution < -0.4 is 5.32 Å². The predicted molar refractivity (Wildman–Crippen MR) is 150 cm³/mol. The number of carbonyl (C=O) groups is 1. The zero-order valence-corrected chi connectivity index (χ0v) is 21.8. The summed E-state index contributed by atoms with van der Waals surface area (Å²) in [7, 11) is -2.54. The van der Waals surface area contributed by atoms with Crippen molar-refractivity contribution >= 4 is 38.4 Å². The molecule has 0 unspecified atom stereocenters. The minimum absolute atomic E-state index is 0.192. The molecule has 8 nitrogen and oxygen atoms in total. The molecule has 3 aromatic carbocycles. The number of carbonyl (C=O) groups excluding carboxylic acids is 1. The minimum Gasteiger partial charge on any atom is -0.465 e. The molecule has 0 amide bonds. The Labute approximate surface area is 225 Å². The average Bonchev–Trinajstić information content (AvgIpc) is 3.55. The van der Waals surface area contributed by atoms with Gasteiger partial charge >= 0.3 is 5.97 Å². The van der Waals surface area contributed by atoms with Crippen LogP contribution in [0.15, 0.2) is 114 Å². The van der Waals surface area contributed by atoms with Crippen molar-refractivity contribution in [2.24, 2.45) is 0 Å². The van der Waals surface area contributed by atoms with E-state index in [-0.39, 0.29) is 4.90 Å². The van der Waals surface area contributed by atoms with Crippen molar-refractivity contribution in [3.8, 4) is 11.3 Å². The third-order valence-corrected chi connectivity index (χ3v) is 8.26. The van der Waals surface area contributed by atoms with Crippen LogP contribution in [0.1, 0.15) is 15.9 Å². The molecule has 0 aliphatic rings. The number of methoxy groups -OCH3 is 1. The third-order valence-electron chi connectivity index (χ3n) is 6.58. The van der Waals surface area contributed by atoms with Crippen LogP contribution >= 0.6 is 0 Å². The maximum absolute atomic E-state index is 13.7. The highest BCUT2D eigenvalue weighted by molar-refractivity contribution is 7.90. The molecule has 0 aliphatic heterocycles. The monoisotopic (exact) mass is 536 g/mol. The first-order valence-corrected chi connectivity index (χ1v) is 13.7. The molecule has 1 N–H and O–H groups in total.